The van der Waals surface area contributed by atoms with Crippen molar-refractivity contribution in [2.24, 2.45) is 11.7 Å². The SMILES string of the molecule is CCN/C(N)=C\C(=N)C1CCC1. The largest absolute Gasteiger partial charge is 0.385 e. The lowest BCUT2D eigenvalue weighted by Crippen LogP contribution is -2.25. The number of nitrogens with one attached hydrogen (secondary N) is 2. The molecular weight excluding hydrogens is 150 g/mol. The first-order valence-corrected chi connectivity index (χ1v) is 4.53. The molecule has 1 fully saturated rings. The van der Waals surface area contributed by atoms with Gasteiger partial charge in [-0.3, -0.25) is 0 Å². The van der Waals surface area contributed by atoms with E-state index in [0.717, 1.165) is 19.4 Å². The average Bonchev–Trinajstić information content (AvgIpc) is 1.82. The lowest BCUT2D eigenvalue weighted by atomic mass is 9.81. The van der Waals surface area contributed by atoms with E-state index in [1.807, 2.05) is 6.92 Å². The molecule has 0 aromatic carbocycles. The number of rotatable bonds is 4. The Bertz CT molecular complexity index is 192. The minimum absolute atomic E-state index is 0.474. The molecule has 1 aliphatic rings. The Morgan fingerprint density at radius 2 is 2.33 bits per heavy atom. The summed E-state index contributed by atoms with van der Waals surface area (Å²) in [6.07, 6.45) is 5.33. The van der Waals surface area contributed by atoms with E-state index >= 15 is 0 Å². The van der Waals surface area contributed by atoms with Gasteiger partial charge in [0, 0.05) is 18.2 Å². The van der Waals surface area contributed by atoms with Gasteiger partial charge in [0.15, 0.2) is 0 Å². The summed E-state index contributed by atoms with van der Waals surface area (Å²) < 4.78 is 0. The predicted molar refractivity (Wildman–Crippen MR) is 51.0 cm³/mol. The quantitative estimate of drug-likeness (QED) is 0.551. The second-order valence-corrected chi connectivity index (χ2v) is 3.21. The van der Waals surface area contributed by atoms with Gasteiger partial charge < -0.3 is 16.5 Å². The summed E-state index contributed by atoms with van der Waals surface area (Å²) in [7, 11) is 0. The lowest BCUT2D eigenvalue weighted by molar-refractivity contribution is 0.413. The number of nitrogens with two attached hydrogens (primary N) is 1. The van der Waals surface area contributed by atoms with E-state index < -0.39 is 0 Å². The second kappa shape index (κ2) is 4.14. The Morgan fingerprint density at radius 3 is 2.75 bits per heavy atom. The zero-order chi connectivity index (χ0) is 8.97. The predicted octanol–water partition coefficient (Wildman–Crippen LogP) is 1.22. The highest BCUT2D eigenvalue weighted by Crippen LogP contribution is 2.27. The van der Waals surface area contributed by atoms with E-state index in [-0.39, 0.29) is 0 Å². The molecule has 0 radical (unpaired) electrons. The van der Waals surface area contributed by atoms with Crippen LogP contribution in [0.15, 0.2) is 11.9 Å². The van der Waals surface area contributed by atoms with Crippen LogP contribution < -0.4 is 11.1 Å². The third-order valence-corrected chi connectivity index (χ3v) is 2.24. The average molecular weight is 167 g/mol. The summed E-state index contributed by atoms with van der Waals surface area (Å²) >= 11 is 0. The monoisotopic (exact) mass is 167 g/mol. The van der Waals surface area contributed by atoms with Crippen LogP contribution in [0.4, 0.5) is 0 Å². The van der Waals surface area contributed by atoms with E-state index in [0.29, 0.717) is 17.5 Å². The van der Waals surface area contributed by atoms with Crippen LogP contribution in [0.2, 0.25) is 0 Å². The second-order valence-electron chi connectivity index (χ2n) is 3.21. The van der Waals surface area contributed by atoms with Crippen LogP contribution in [0.5, 0.6) is 0 Å². The van der Waals surface area contributed by atoms with E-state index in [2.05, 4.69) is 5.32 Å². The van der Waals surface area contributed by atoms with Crippen LogP contribution in [0, 0.1) is 11.3 Å². The molecule has 0 aromatic heterocycles. The lowest BCUT2D eigenvalue weighted by Gasteiger charge is -2.24. The Balaban J connectivity index is 2.36. The molecular formula is C9H17N3. The van der Waals surface area contributed by atoms with Crippen molar-refractivity contribution in [2.45, 2.75) is 26.2 Å². The minimum Gasteiger partial charge on any atom is -0.385 e. The summed E-state index contributed by atoms with van der Waals surface area (Å²) in [6.45, 7) is 2.81. The summed E-state index contributed by atoms with van der Waals surface area (Å²) in [5.41, 5.74) is 6.29. The first-order chi connectivity index (χ1) is 5.74. The van der Waals surface area contributed by atoms with Gasteiger partial charge in [-0.1, -0.05) is 6.42 Å². The zero-order valence-corrected chi connectivity index (χ0v) is 7.56. The van der Waals surface area contributed by atoms with Crippen molar-refractivity contribution >= 4 is 5.71 Å². The van der Waals surface area contributed by atoms with Crippen molar-refractivity contribution in [1.82, 2.24) is 5.32 Å². The van der Waals surface area contributed by atoms with Crippen LogP contribution in [0.1, 0.15) is 26.2 Å². The molecule has 0 spiro atoms. The minimum atomic E-state index is 0.474. The normalized spacial score (nSPS) is 18.6. The molecule has 0 aromatic rings. The highest BCUT2D eigenvalue weighted by atomic mass is 15.0. The van der Waals surface area contributed by atoms with Crippen molar-refractivity contribution in [3.63, 3.8) is 0 Å². The van der Waals surface area contributed by atoms with Crippen LogP contribution >= 0.6 is 0 Å². The standard InChI is InChI=1S/C9H17N3/c1-2-12-9(11)6-8(10)7-4-3-5-7/h6-7,10,12H,2-5,11H2,1H3/b9-6-,10-8?. The van der Waals surface area contributed by atoms with Gasteiger partial charge in [0.05, 0.1) is 5.82 Å². The molecule has 0 amide bonds. The topological polar surface area (TPSA) is 61.9 Å². The van der Waals surface area contributed by atoms with Crippen molar-refractivity contribution in [2.75, 3.05) is 6.54 Å². The number of allylic oxidation sites excluding steroid dienone is 1. The fourth-order valence-electron chi connectivity index (χ4n) is 1.26. The highest BCUT2D eigenvalue weighted by Gasteiger charge is 2.20. The molecule has 0 heterocycles. The molecule has 0 saturated heterocycles. The maximum atomic E-state index is 7.66. The molecule has 68 valence electrons. The van der Waals surface area contributed by atoms with Crippen LogP contribution in [0.3, 0.4) is 0 Å². The summed E-state index contributed by atoms with van der Waals surface area (Å²) in [4.78, 5) is 0. The van der Waals surface area contributed by atoms with Gasteiger partial charge >= 0.3 is 0 Å². The summed E-state index contributed by atoms with van der Waals surface area (Å²) in [6, 6.07) is 0. The molecule has 12 heavy (non-hydrogen) atoms. The number of hydrogen-bond donors (Lipinski definition) is 3. The van der Waals surface area contributed by atoms with E-state index in [1.54, 1.807) is 6.08 Å². The first-order valence-electron chi connectivity index (χ1n) is 4.53. The Kier molecular flexibility index (Phi) is 3.14. The highest BCUT2D eigenvalue weighted by molar-refractivity contribution is 5.95. The number of hydrogen-bond acceptors (Lipinski definition) is 3. The summed E-state index contributed by atoms with van der Waals surface area (Å²) in [5, 5.41) is 10.6. The Morgan fingerprint density at radius 1 is 1.67 bits per heavy atom. The van der Waals surface area contributed by atoms with Crippen molar-refractivity contribution in [3.8, 4) is 0 Å². The fraction of sp³-hybridized carbons (Fsp3) is 0.667. The van der Waals surface area contributed by atoms with Crippen LogP contribution in [-0.2, 0) is 0 Å². The van der Waals surface area contributed by atoms with Crippen molar-refractivity contribution in [3.05, 3.63) is 11.9 Å². The Labute approximate surface area is 73.5 Å². The first kappa shape index (κ1) is 9.10. The molecule has 1 aliphatic carbocycles. The molecule has 1 rings (SSSR count). The summed E-state index contributed by atoms with van der Waals surface area (Å²) in [5.74, 6) is 1.09. The van der Waals surface area contributed by atoms with Crippen molar-refractivity contribution in [1.29, 1.82) is 5.41 Å². The van der Waals surface area contributed by atoms with Gasteiger partial charge in [-0.15, -0.1) is 0 Å². The molecule has 3 nitrogen and oxygen atoms in total. The van der Waals surface area contributed by atoms with Gasteiger partial charge in [0.1, 0.15) is 0 Å². The molecule has 0 bridgehead atoms. The van der Waals surface area contributed by atoms with Crippen LogP contribution in [0.25, 0.3) is 0 Å². The maximum Gasteiger partial charge on any atom is 0.0978 e. The third kappa shape index (κ3) is 2.26. The van der Waals surface area contributed by atoms with Gasteiger partial charge in [-0.2, -0.15) is 0 Å². The Hall–Kier alpha value is -0.990. The van der Waals surface area contributed by atoms with Gasteiger partial charge in [-0.25, -0.2) is 0 Å². The molecule has 0 atom stereocenters. The van der Waals surface area contributed by atoms with Crippen molar-refractivity contribution < 1.29 is 0 Å². The molecule has 4 N–H and O–H groups in total. The van der Waals surface area contributed by atoms with Gasteiger partial charge in [0.25, 0.3) is 0 Å². The van der Waals surface area contributed by atoms with Gasteiger partial charge in [-0.05, 0) is 25.8 Å². The van der Waals surface area contributed by atoms with E-state index in [1.165, 1.54) is 6.42 Å². The fourth-order valence-corrected chi connectivity index (χ4v) is 1.26. The third-order valence-electron chi connectivity index (χ3n) is 2.24. The molecule has 3 heteroatoms. The van der Waals surface area contributed by atoms with Crippen LogP contribution in [-0.4, -0.2) is 12.3 Å². The smallest absolute Gasteiger partial charge is 0.0978 e. The molecule has 1 saturated carbocycles. The molecule has 0 aliphatic heterocycles. The van der Waals surface area contributed by atoms with Gasteiger partial charge in [0.2, 0.25) is 0 Å². The van der Waals surface area contributed by atoms with E-state index in [4.69, 9.17) is 11.1 Å². The molecule has 0 unspecified atom stereocenters. The zero-order valence-electron chi connectivity index (χ0n) is 7.56. The van der Waals surface area contributed by atoms with E-state index in [9.17, 15) is 0 Å². The maximum absolute atomic E-state index is 7.66.